The summed E-state index contributed by atoms with van der Waals surface area (Å²) in [6.07, 6.45) is 0.726. The summed E-state index contributed by atoms with van der Waals surface area (Å²) in [5.74, 6) is 0.262. The Balaban J connectivity index is 1.67. The number of H-pyrrole nitrogens is 1. The first-order valence-corrected chi connectivity index (χ1v) is 9.79. The van der Waals surface area contributed by atoms with Crippen molar-refractivity contribution in [2.24, 2.45) is 7.05 Å². The lowest BCUT2D eigenvalue weighted by Gasteiger charge is -2.26. The van der Waals surface area contributed by atoms with Crippen molar-refractivity contribution in [1.29, 1.82) is 0 Å². The fourth-order valence-electron chi connectivity index (χ4n) is 3.20. The largest absolute Gasteiger partial charge is 0.345 e. The number of hydrogen-bond donors (Lipinski definition) is 2. The van der Waals surface area contributed by atoms with E-state index in [0.717, 1.165) is 22.6 Å². The monoisotopic (exact) mass is 401 g/mol. The number of amides is 1. The van der Waals surface area contributed by atoms with E-state index in [-0.39, 0.29) is 23.3 Å². The van der Waals surface area contributed by atoms with Crippen LogP contribution in [0.25, 0.3) is 10.9 Å². The average molecular weight is 401 g/mol. The lowest BCUT2D eigenvalue weighted by molar-refractivity contribution is 0.0935. The molecule has 2 heterocycles. The Kier molecular flexibility index (Phi) is 4.61. The van der Waals surface area contributed by atoms with Crippen molar-refractivity contribution in [3.63, 3.8) is 0 Å². The zero-order valence-electron chi connectivity index (χ0n) is 14.4. The summed E-state index contributed by atoms with van der Waals surface area (Å²) in [4.78, 5) is 29.0. The van der Waals surface area contributed by atoms with E-state index >= 15 is 0 Å². The van der Waals surface area contributed by atoms with Crippen LogP contribution in [-0.4, -0.2) is 21.2 Å². The molecule has 0 fully saturated rings. The second-order valence-corrected chi connectivity index (χ2v) is 7.92. The molecule has 5 nitrogen and oxygen atoms in total. The molecule has 0 aliphatic carbocycles. The predicted octanol–water partition coefficient (Wildman–Crippen LogP) is 3.70. The number of halogens is 1. The smallest absolute Gasteiger partial charge is 0.261 e. The van der Waals surface area contributed by atoms with Crippen LogP contribution in [0.1, 0.15) is 28.4 Å². The molecule has 4 rings (SSSR count). The maximum atomic E-state index is 13.6. The fourth-order valence-corrected chi connectivity index (χ4v) is 4.50. The van der Waals surface area contributed by atoms with Gasteiger partial charge in [0, 0.05) is 23.3 Å². The molecule has 0 bridgehead atoms. The van der Waals surface area contributed by atoms with Crippen molar-refractivity contribution in [1.82, 2.24) is 14.9 Å². The molecule has 8 heteroatoms. The summed E-state index contributed by atoms with van der Waals surface area (Å²) >= 11 is 6.79. The summed E-state index contributed by atoms with van der Waals surface area (Å²) in [6, 6.07) is 9.26. The molecule has 138 valence electrons. The number of thioether (sulfide) groups is 1. The van der Waals surface area contributed by atoms with Gasteiger partial charge in [-0.05, 0) is 60.6 Å². The molecular formula is C19H16FN3O2S2. The first-order chi connectivity index (χ1) is 12.9. The third-order valence-corrected chi connectivity index (χ3v) is 6.18. The van der Waals surface area contributed by atoms with Crippen LogP contribution in [-0.2, 0) is 7.05 Å². The molecule has 1 amide bonds. The highest BCUT2D eigenvalue weighted by Gasteiger charge is 2.23. The molecular weight excluding hydrogens is 385 g/mol. The van der Waals surface area contributed by atoms with Crippen molar-refractivity contribution in [3.8, 4) is 0 Å². The number of aromatic nitrogens is 2. The van der Waals surface area contributed by atoms with E-state index in [9.17, 15) is 14.0 Å². The Hall–Kier alpha value is -2.45. The second kappa shape index (κ2) is 6.94. The van der Waals surface area contributed by atoms with Gasteiger partial charge in [-0.1, -0.05) is 0 Å². The normalized spacial score (nSPS) is 16.1. The van der Waals surface area contributed by atoms with Crippen molar-refractivity contribution in [2.45, 2.75) is 17.4 Å². The van der Waals surface area contributed by atoms with Crippen LogP contribution in [0.5, 0.6) is 0 Å². The number of fused-ring (bicyclic) bond motifs is 2. The lowest BCUT2D eigenvalue weighted by atomic mass is 10.0. The molecule has 0 saturated heterocycles. The minimum Gasteiger partial charge on any atom is -0.345 e. The summed E-state index contributed by atoms with van der Waals surface area (Å²) < 4.78 is 15.3. The topological polar surface area (TPSA) is 66.9 Å². The molecule has 1 aliphatic rings. The van der Waals surface area contributed by atoms with Gasteiger partial charge in [0.1, 0.15) is 5.82 Å². The number of carbonyl (C=O) groups is 1. The number of nitrogens with one attached hydrogen (secondary N) is 2. The summed E-state index contributed by atoms with van der Waals surface area (Å²) in [5, 5.41) is 3.44. The van der Waals surface area contributed by atoms with Gasteiger partial charge >= 0.3 is 0 Å². The van der Waals surface area contributed by atoms with Crippen LogP contribution in [0.2, 0.25) is 0 Å². The van der Waals surface area contributed by atoms with Gasteiger partial charge in [0.05, 0.1) is 16.9 Å². The van der Waals surface area contributed by atoms with E-state index in [4.69, 9.17) is 12.2 Å². The van der Waals surface area contributed by atoms with Gasteiger partial charge in [0.15, 0.2) is 4.77 Å². The molecule has 1 unspecified atom stereocenters. The van der Waals surface area contributed by atoms with Gasteiger partial charge in [-0.25, -0.2) is 4.39 Å². The van der Waals surface area contributed by atoms with Crippen LogP contribution in [0.15, 0.2) is 46.1 Å². The number of benzene rings is 2. The summed E-state index contributed by atoms with van der Waals surface area (Å²) in [5.41, 5.74) is 1.52. The van der Waals surface area contributed by atoms with Gasteiger partial charge in [-0.3, -0.25) is 14.2 Å². The highest BCUT2D eigenvalue weighted by molar-refractivity contribution is 7.99. The molecule has 1 aliphatic heterocycles. The minimum atomic E-state index is -0.315. The molecule has 1 atom stereocenters. The number of hydrogen-bond acceptors (Lipinski definition) is 4. The molecule has 0 saturated carbocycles. The average Bonchev–Trinajstić information content (AvgIpc) is 2.66. The molecule has 1 aromatic heterocycles. The lowest BCUT2D eigenvalue weighted by Crippen LogP contribution is -2.30. The number of aromatic amines is 1. The maximum absolute atomic E-state index is 13.6. The quantitative estimate of drug-likeness (QED) is 0.643. The maximum Gasteiger partial charge on any atom is 0.261 e. The van der Waals surface area contributed by atoms with Crippen LogP contribution >= 0.6 is 24.0 Å². The first-order valence-electron chi connectivity index (χ1n) is 8.40. The molecule has 0 radical (unpaired) electrons. The summed E-state index contributed by atoms with van der Waals surface area (Å²) in [7, 11) is 1.60. The van der Waals surface area contributed by atoms with Crippen molar-refractivity contribution < 1.29 is 9.18 Å². The van der Waals surface area contributed by atoms with Crippen LogP contribution in [0, 0.1) is 10.6 Å². The minimum absolute atomic E-state index is 0.214. The Morgan fingerprint density at radius 1 is 1.33 bits per heavy atom. The highest BCUT2D eigenvalue weighted by atomic mass is 32.2. The standard InChI is InChI=1S/C19H16FN3O2S2/c1-23-18(25)12-4-2-10(8-15(12)22-19(23)26)17(24)21-14-6-7-27-16-5-3-11(20)9-13(14)16/h2-5,8-9,14H,6-7H2,1H3,(H,21,24)(H,22,26). The zero-order chi connectivity index (χ0) is 19.1. The summed E-state index contributed by atoms with van der Waals surface area (Å²) in [6.45, 7) is 0. The number of rotatable bonds is 2. The van der Waals surface area contributed by atoms with E-state index in [2.05, 4.69) is 10.3 Å². The van der Waals surface area contributed by atoms with Crippen molar-refractivity contribution in [2.75, 3.05) is 5.75 Å². The number of carbonyl (C=O) groups excluding carboxylic acids is 1. The Morgan fingerprint density at radius 3 is 2.96 bits per heavy atom. The van der Waals surface area contributed by atoms with Gasteiger partial charge in [-0.2, -0.15) is 0 Å². The van der Waals surface area contributed by atoms with Gasteiger partial charge < -0.3 is 10.3 Å². The Bertz CT molecular complexity index is 1190. The predicted molar refractivity (Wildman–Crippen MR) is 106 cm³/mol. The van der Waals surface area contributed by atoms with E-state index in [1.807, 2.05) is 0 Å². The Morgan fingerprint density at radius 2 is 2.15 bits per heavy atom. The molecule has 3 aromatic rings. The molecule has 27 heavy (non-hydrogen) atoms. The highest BCUT2D eigenvalue weighted by Crippen LogP contribution is 2.36. The fraction of sp³-hybridized carbons (Fsp3) is 0.211. The van der Waals surface area contributed by atoms with Crippen LogP contribution in [0.4, 0.5) is 4.39 Å². The third kappa shape index (κ3) is 3.30. The van der Waals surface area contributed by atoms with Gasteiger partial charge in [-0.15, -0.1) is 11.8 Å². The molecule has 2 N–H and O–H groups in total. The number of nitrogens with zero attached hydrogens (tertiary/aromatic N) is 1. The van der Waals surface area contributed by atoms with Crippen molar-refractivity contribution in [3.05, 3.63) is 68.5 Å². The van der Waals surface area contributed by atoms with Gasteiger partial charge in [0.25, 0.3) is 11.5 Å². The van der Waals surface area contributed by atoms with Crippen LogP contribution in [0.3, 0.4) is 0 Å². The van der Waals surface area contributed by atoms with E-state index in [0.29, 0.717) is 21.2 Å². The molecule has 2 aromatic carbocycles. The first kappa shape index (κ1) is 17.9. The zero-order valence-corrected chi connectivity index (χ0v) is 16.0. The Labute approximate surface area is 163 Å². The second-order valence-electron chi connectivity index (χ2n) is 6.40. The van der Waals surface area contributed by atoms with E-state index < -0.39 is 0 Å². The molecule has 0 spiro atoms. The van der Waals surface area contributed by atoms with E-state index in [1.165, 1.54) is 16.7 Å². The SMILES string of the molecule is Cn1c(=S)[nH]c2cc(C(=O)NC3CCSc4ccc(F)cc43)ccc2c1=O. The third-order valence-electron chi connectivity index (χ3n) is 4.68. The van der Waals surface area contributed by atoms with Crippen molar-refractivity contribution >= 4 is 40.8 Å². The van der Waals surface area contributed by atoms with Crippen LogP contribution < -0.4 is 10.9 Å². The van der Waals surface area contributed by atoms with E-state index in [1.54, 1.807) is 43.1 Å². The van der Waals surface area contributed by atoms with Gasteiger partial charge in [0.2, 0.25) is 0 Å².